The number of phenolic OH excluding ortho intramolecular Hbond substituents is 1. The number of hydrogen-bond acceptors (Lipinski definition) is 6. The van der Waals surface area contributed by atoms with Crippen molar-refractivity contribution in [3.63, 3.8) is 0 Å². The maximum atomic E-state index is 13.3. The van der Waals surface area contributed by atoms with Crippen LogP contribution in [0.4, 0.5) is 4.79 Å². The molecule has 1 aromatic carbocycles. The Morgan fingerprint density at radius 3 is 2.24 bits per heavy atom. The number of primary amides is 1. The molecule has 10 nitrogen and oxygen atoms in total. The van der Waals surface area contributed by atoms with E-state index in [2.05, 4.69) is 16.7 Å². The Balaban J connectivity index is 3.41. The fourth-order valence-electron chi connectivity index (χ4n) is 2.83. The summed E-state index contributed by atoms with van der Waals surface area (Å²) in [6, 6.07) is 4.97. The van der Waals surface area contributed by atoms with E-state index in [-0.39, 0.29) is 11.3 Å². The molecule has 4 amide bonds. The molecule has 1 aromatic rings. The third kappa shape index (κ3) is 9.11. The van der Waals surface area contributed by atoms with E-state index in [1.54, 1.807) is 41.5 Å². The highest BCUT2D eigenvalue weighted by molar-refractivity contribution is 5.95. The number of nitrogens with zero attached hydrogens (tertiary/aromatic N) is 1. The first-order chi connectivity index (χ1) is 15.0. The predicted octanol–water partition coefficient (Wildman–Crippen LogP) is 1.54. The number of alkyl carbamates (subject to hydrolysis) is 1. The van der Waals surface area contributed by atoms with Crippen LogP contribution in [0.5, 0.6) is 5.75 Å². The van der Waals surface area contributed by atoms with Gasteiger partial charge in [-0.1, -0.05) is 18.6 Å². The van der Waals surface area contributed by atoms with Gasteiger partial charge in [-0.15, -0.1) is 0 Å². The summed E-state index contributed by atoms with van der Waals surface area (Å²) in [5.41, 5.74) is 3.94. The van der Waals surface area contributed by atoms with Gasteiger partial charge in [0.15, 0.2) is 0 Å². The first kappa shape index (κ1) is 27.3. The van der Waals surface area contributed by atoms with Gasteiger partial charge in [0.05, 0.1) is 6.42 Å². The van der Waals surface area contributed by atoms with E-state index < -0.39 is 53.5 Å². The van der Waals surface area contributed by atoms with Crippen molar-refractivity contribution >= 4 is 23.8 Å². The number of rotatable bonds is 7. The lowest BCUT2D eigenvalue weighted by molar-refractivity contribution is -0.140. The van der Waals surface area contributed by atoms with E-state index in [0.29, 0.717) is 0 Å². The summed E-state index contributed by atoms with van der Waals surface area (Å²) < 4.78 is 5.15. The summed E-state index contributed by atoms with van der Waals surface area (Å²) in [6.45, 7) is 10.1. The normalized spacial score (nSPS) is 13.1. The number of carbonyl (C=O) groups is 4. The fraction of sp³-hybridized carbons (Fsp3) is 0.478. The predicted molar refractivity (Wildman–Crippen MR) is 121 cm³/mol. The lowest BCUT2D eigenvalue weighted by atomic mass is 10.0. The molecule has 0 spiro atoms. The Labute approximate surface area is 193 Å². The largest absolute Gasteiger partial charge is 0.508 e. The zero-order valence-electron chi connectivity index (χ0n) is 19.8. The Bertz CT molecular complexity index is 939. The van der Waals surface area contributed by atoms with Crippen molar-refractivity contribution in [1.82, 2.24) is 15.5 Å². The second-order valence-electron chi connectivity index (χ2n) is 9.44. The van der Waals surface area contributed by atoms with Gasteiger partial charge in [0.1, 0.15) is 23.4 Å². The number of nitrogens with one attached hydrogen (secondary N) is 2. The highest BCUT2D eigenvalue weighted by Gasteiger charge is 2.37. The second kappa shape index (κ2) is 10.7. The zero-order chi connectivity index (χ0) is 25.6. The Hall–Kier alpha value is -3.74. The average molecular weight is 461 g/mol. The van der Waals surface area contributed by atoms with Crippen LogP contribution in [-0.4, -0.2) is 51.0 Å². The van der Waals surface area contributed by atoms with Gasteiger partial charge in [0.25, 0.3) is 5.91 Å². The van der Waals surface area contributed by atoms with Crippen molar-refractivity contribution in [3.05, 3.63) is 29.8 Å². The van der Waals surface area contributed by atoms with Crippen LogP contribution in [0.1, 0.15) is 59.6 Å². The van der Waals surface area contributed by atoms with Crippen LogP contribution in [-0.2, 0) is 19.1 Å². The summed E-state index contributed by atoms with van der Waals surface area (Å²) in [4.78, 5) is 51.1. The molecule has 0 bridgehead atoms. The van der Waals surface area contributed by atoms with Gasteiger partial charge in [-0.2, -0.15) is 0 Å². The molecular weight excluding hydrogens is 428 g/mol. The quantitative estimate of drug-likeness (QED) is 0.358. The Kier molecular flexibility index (Phi) is 8.87. The maximum absolute atomic E-state index is 13.3. The molecule has 0 aliphatic rings. The van der Waals surface area contributed by atoms with Crippen molar-refractivity contribution in [1.29, 1.82) is 0 Å². The van der Waals surface area contributed by atoms with E-state index in [1.165, 1.54) is 24.3 Å². The van der Waals surface area contributed by atoms with E-state index in [1.807, 2.05) is 0 Å². The number of phenols is 1. The van der Waals surface area contributed by atoms with Crippen LogP contribution < -0.4 is 16.4 Å². The molecular formula is C23H32N4O6. The molecule has 2 unspecified atom stereocenters. The molecule has 0 aromatic heterocycles. The van der Waals surface area contributed by atoms with E-state index >= 15 is 0 Å². The van der Waals surface area contributed by atoms with Crippen molar-refractivity contribution in [2.75, 3.05) is 0 Å². The molecule has 1 rings (SSSR count). The number of terminal acetylenes is 1. The monoisotopic (exact) mass is 460 g/mol. The van der Waals surface area contributed by atoms with Gasteiger partial charge in [0, 0.05) is 11.6 Å². The van der Waals surface area contributed by atoms with Crippen molar-refractivity contribution in [2.24, 2.45) is 5.73 Å². The van der Waals surface area contributed by atoms with Gasteiger partial charge >= 0.3 is 6.09 Å². The minimum Gasteiger partial charge on any atom is -0.508 e. The van der Waals surface area contributed by atoms with Crippen LogP contribution in [0, 0.1) is 12.5 Å². The number of benzene rings is 1. The molecule has 33 heavy (non-hydrogen) atoms. The molecule has 0 heterocycles. The fourth-order valence-corrected chi connectivity index (χ4v) is 2.83. The highest BCUT2D eigenvalue weighted by atomic mass is 16.6. The molecule has 0 aliphatic carbocycles. The number of aromatic hydroxyl groups is 1. The summed E-state index contributed by atoms with van der Waals surface area (Å²) in [5.74, 6) is -2.59. The van der Waals surface area contributed by atoms with Gasteiger partial charge in [-0.3, -0.25) is 19.3 Å². The first-order valence-corrected chi connectivity index (χ1v) is 10.2. The van der Waals surface area contributed by atoms with Crippen LogP contribution in [0.15, 0.2) is 24.3 Å². The number of nitrogens with two attached hydrogens (primary N) is 1. The molecule has 10 heteroatoms. The number of hydrogen-bond donors (Lipinski definition) is 4. The SMILES string of the molecule is C#CN(C(=O)C(CC(N)=O)NC(=O)OC(C)(C)C)C(C(=O)NC(C)(C)C)c1cccc(O)c1. The smallest absolute Gasteiger partial charge is 0.408 e. The second-order valence-corrected chi connectivity index (χ2v) is 9.44. The minimum absolute atomic E-state index is 0.147. The lowest BCUT2D eigenvalue weighted by Crippen LogP contribution is -2.54. The molecule has 2 atom stereocenters. The van der Waals surface area contributed by atoms with Gasteiger partial charge in [0.2, 0.25) is 11.8 Å². The third-order valence-corrected chi connectivity index (χ3v) is 3.96. The van der Waals surface area contributed by atoms with E-state index in [4.69, 9.17) is 16.9 Å². The Morgan fingerprint density at radius 1 is 1.18 bits per heavy atom. The maximum Gasteiger partial charge on any atom is 0.408 e. The summed E-state index contributed by atoms with van der Waals surface area (Å²) >= 11 is 0. The van der Waals surface area contributed by atoms with Crippen molar-refractivity contribution in [2.45, 2.75) is 71.2 Å². The minimum atomic E-state index is -1.49. The highest BCUT2D eigenvalue weighted by Crippen LogP contribution is 2.26. The van der Waals surface area contributed by atoms with Gasteiger partial charge < -0.3 is 26.2 Å². The summed E-state index contributed by atoms with van der Waals surface area (Å²) in [7, 11) is 0. The van der Waals surface area contributed by atoms with Gasteiger partial charge in [-0.25, -0.2) is 4.79 Å². The van der Waals surface area contributed by atoms with Crippen molar-refractivity contribution < 1.29 is 29.0 Å². The first-order valence-electron chi connectivity index (χ1n) is 10.2. The Morgan fingerprint density at radius 2 is 1.79 bits per heavy atom. The number of carbonyl (C=O) groups excluding carboxylic acids is 4. The van der Waals surface area contributed by atoms with Crippen molar-refractivity contribution in [3.8, 4) is 18.2 Å². The molecule has 5 N–H and O–H groups in total. The molecule has 0 saturated carbocycles. The van der Waals surface area contributed by atoms with E-state index in [9.17, 15) is 24.3 Å². The van der Waals surface area contributed by atoms with Gasteiger partial charge in [-0.05, 0) is 59.2 Å². The molecule has 0 saturated heterocycles. The van der Waals surface area contributed by atoms with Crippen LogP contribution >= 0.6 is 0 Å². The average Bonchev–Trinajstić information content (AvgIpc) is 2.61. The number of amides is 4. The van der Waals surface area contributed by atoms with Crippen LogP contribution in [0.2, 0.25) is 0 Å². The topological polar surface area (TPSA) is 151 Å². The zero-order valence-corrected chi connectivity index (χ0v) is 19.8. The molecule has 0 aliphatic heterocycles. The van der Waals surface area contributed by atoms with Crippen LogP contribution in [0.25, 0.3) is 0 Å². The third-order valence-electron chi connectivity index (χ3n) is 3.96. The molecule has 0 radical (unpaired) electrons. The summed E-state index contributed by atoms with van der Waals surface area (Å²) in [5, 5.41) is 14.9. The molecule has 180 valence electrons. The van der Waals surface area contributed by atoms with E-state index in [0.717, 1.165) is 4.90 Å². The summed E-state index contributed by atoms with van der Waals surface area (Å²) in [6.07, 6.45) is 4.06. The standard InChI is InChI=1S/C23H32N4O6/c1-8-27(20(31)16(13-17(24)29)25-21(32)33-23(5,6)7)18(19(30)26-22(2,3)4)14-10-9-11-15(28)12-14/h1,9-12,16,18,28H,13H2,2-7H3,(H2,24,29)(H,25,32)(H,26,30). The van der Waals surface area contributed by atoms with Crippen LogP contribution in [0.3, 0.4) is 0 Å². The molecule has 0 fully saturated rings. The number of ether oxygens (including phenoxy) is 1. The lowest BCUT2D eigenvalue weighted by Gasteiger charge is -2.32.